The van der Waals surface area contributed by atoms with E-state index in [0.29, 0.717) is 25.7 Å². The van der Waals surface area contributed by atoms with Gasteiger partial charge >= 0.3 is 5.97 Å². The van der Waals surface area contributed by atoms with Crippen molar-refractivity contribution in [1.29, 1.82) is 0 Å². The summed E-state index contributed by atoms with van der Waals surface area (Å²) in [5.74, 6) is -0.748. The highest BCUT2D eigenvalue weighted by atomic mass is 16.7. The first-order valence-corrected chi connectivity index (χ1v) is 21.5. The lowest BCUT2D eigenvalue weighted by molar-refractivity contribution is -0.375. The van der Waals surface area contributed by atoms with Crippen molar-refractivity contribution in [2.75, 3.05) is 26.9 Å². The van der Waals surface area contributed by atoms with E-state index in [9.17, 15) is 55.9 Å². The molecule has 16 heteroatoms. The second-order valence-electron chi connectivity index (χ2n) is 21.0. The summed E-state index contributed by atoms with van der Waals surface area (Å²) in [4.78, 5) is 13.7. The average molecular weight is 843 g/mol. The number of rotatable bonds is 8. The number of hydrogen-bond donors (Lipinski definition) is 10. The van der Waals surface area contributed by atoms with Gasteiger partial charge in [0.05, 0.1) is 45.2 Å². The molecule has 7 rings (SSSR count). The molecule has 0 aromatic carbocycles. The first-order valence-electron chi connectivity index (χ1n) is 21.5. The minimum atomic E-state index is -1.84. The van der Waals surface area contributed by atoms with Crippen molar-refractivity contribution in [3.63, 3.8) is 0 Å². The van der Waals surface area contributed by atoms with Gasteiger partial charge in [0.1, 0.15) is 54.2 Å². The Kier molecular flexibility index (Phi) is 12.2. The molecule has 59 heavy (non-hydrogen) atoms. The van der Waals surface area contributed by atoms with Crippen molar-refractivity contribution >= 4 is 5.97 Å². The second kappa shape index (κ2) is 15.7. The lowest BCUT2D eigenvalue weighted by atomic mass is 9.33. The smallest absolute Gasteiger partial charge is 0.315 e. The van der Waals surface area contributed by atoms with Crippen LogP contribution in [0.1, 0.15) is 92.9 Å². The fourth-order valence-electron chi connectivity index (χ4n) is 14.1. The first-order chi connectivity index (χ1) is 27.5. The zero-order chi connectivity index (χ0) is 43.4. The molecule has 6 fully saturated rings. The van der Waals surface area contributed by atoms with Gasteiger partial charge < -0.3 is 74.7 Å². The monoisotopic (exact) mass is 842 g/mol. The third kappa shape index (κ3) is 6.64. The maximum Gasteiger partial charge on any atom is 0.315 e. The van der Waals surface area contributed by atoms with Crippen molar-refractivity contribution in [3.8, 4) is 0 Å². The Morgan fingerprint density at radius 3 is 1.98 bits per heavy atom. The van der Waals surface area contributed by atoms with Gasteiger partial charge in [0, 0.05) is 5.41 Å². The van der Waals surface area contributed by atoms with Gasteiger partial charge in [0.15, 0.2) is 12.6 Å². The molecule has 4 saturated carbocycles. The van der Waals surface area contributed by atoms with Crippen LogP contribution < -0.4 is 0 Å². The molecule has 338 valence electrons. The standard InChI is InChI=1S/C43H70O16/c1-38(2)12-13-43(37(54)55-7)21(14-38)20-8-9-26-39(3)15-22(47)34(40(4,19-46)25(39)10-11-41(26,5)42(20,6)16-27(43)48)59-36-32(53)33(29(50)24(18-45)57-36)58-35-31(52)30(51)28(49)23(17-44)56-35/h8,21-36,44-53H,9-19H2,1-7H3. The molecule has 2 heterocycles. The molecule has 2 saturated heterocycles. The van der Waals surface area contributed by atoms with Crippen LogP contribution >= 0.6 is 0 Å². The van der Waals surface area contributed by atoms with E-state index in [1.165, 1.54) is 12.7 Å². The van der Waals surface area contributed by atoms with Gasteiger partial charge in [-0.25, -0.2) is 0 Å². The Bertz CT molecular complexity index is 1590. The van der Waals surface area contributed by atoms with Crippen LogP contribution in [0.5, 0.6) is 0 Å². The van der Waals surface area contributed by atoms with Crippen molar-refractivity contribution in [2.24, 2.45) is 50.2 Å². The molecule has 0 radical (unpaired) electrons. The molecule has 2 aliphatic heterocycles. The summed E-state index contributed by atoms with van der Waals surface area (Å²) in [7, 11) is 1.40. The summed E-state index contributed by atoms with van der Waals surface area (Å²) in [6.45, 7) is 11.1. The Hall–Kier alpha value is -1.35. The largest absolute Gasteiger partial charge is 0.468 e. The topological polar surface area (TPSA) is 266 Å². The van der Waals surface area contributed by atoms with E-state index in [4.69, 9.17) is 23.7 Å². The number of hydrogen-bond acceptors (Lipinski definition) is 16. The van der Waals surface area contributed by atoms with Crippen molar-refractivity contribution in [2.45, 2.75) is 173 Å². The van der Waals surface area contributed by atoms with Crippen LogP contribution in [-0.4, -0.2) is 164 Å². The Morgan fingerprint density at radius 2 is 1.37 bits per heavy atom. The average Bonchev–Trinajstić information content (AvgIpc) is 3.18. The highest BCUT2D eigenvalue weighted by Crippen LogP contribution is 2.76. The van der Waals surface area contributed by atoms with Crippen LogP contribution in [0.4, 0.5) is 0 Å². The minimum absolute atomic E-state index is 0.000145. The van der Waals surface area contributed by atoms with Gasteiger partial charge in [0.2, 0.25) is 0 Å². The number of aliphatic hydroxyl groups excluding tert-OH is 10. The predicted molar refractivity (Wildman–Crippen MR) is 207 cm³/mol. The van der Waals surface area contributed by atoms with Crippen molar-refractivity contribution in [1.82, 2.24) is 0 Å². The Balaban J connectivity index is 1.17. The summed E-state index contributed by atoms with van der Waals surface area (Å²) in [5, 5.41) is 110. The van der Waals surface area contributed by atoms with Gasteiger partial charge in [-0.1, -0.05) is 53.2 Å². The molecule has 0 aromatic heterocycles. The highest BCUT2D eigenvalue weighted by Gasteiger charge is 2.73. The summed E-state index contributed by atoms with van der Waals surface area (Å²) >= 11 is 0. The van der Waals surface area contributed by atoms with E-state index < -0.39 is 121 Å². The first kappa shape index (κ1) is 45.7. The van der Waals surface area contributed by atoms with E-state index >= 15 is 0 Å². The van der Waals surface area contributed by atoms with E-state index in [1.54, 1.807) is 0 Å². The van der Waals surface area contributed by atoms with Crippen LogP contribution in [0, 0.1) is 50.2 Å². The molecule has 0 amide bonds. The quantitative estimate of drug-likeness (QED) is 0.0868. The molecule has 21 unspecified atom stereocenters. The van der Waals surface area contributed by atoms with Crippen LogP contribution in [-0.2, 0) is 28.5 Å². The van der Waals surface area contributed by atoms with Gasteiger partial charge in [-0.05, 0) is 90.8 Å². The Morgan fingerprint density at radius 1 is 0.746 bits per heavy atom. The summed E-state index contributed by atoms with van der Waals surface area (Å²) in [6, 6.07) is 0. The zero-order valence-electron chi connectivity index (χ0n) is 35.5. The molecule has 16 nitrogen and oxygen atoms in total. The van der Waals surface area contributed by atoms with Crippen LogP contribution in [0.25, 0.3) is 0 Å². The number of methoxy groups -OCH3 is 1. The van der Waals surface area contributed by atoms with Crippen LogP contribution in [0.2, 0.25) is 0 Å². The molecule has 7 aliphatic rings. The van der Waals surface area contributed by atoms with Gasteiger partial charge in [0.25, 0.3) is 0 Å². The molecule has 0 aromatic rings. The molecule has 5 aliphatic carbocycles. The number of aliphatic hydroxyl groups is 10. The third-order valence-electron chi connectivity index (χ3n) is 17.5. The normalized spacial score (nSPS) is 54.5. The SMILES string of the molecule is COC(=O)C12CCC(C)(C)CC1C1=CCC3C4(C)CC(O)C(OC5OC(CO)C(O)C(OC6OC(CO)C(O)C(O)C6O)C5O)C(C)(CO)C4CCC3(C)C1(C)CC2O. The lowest BCUT2D eigenvalue weighted by Crippen LogP contribution is -2.70. The third-order valence-corrected chi connectivity index (χ3v) is 17.5. The number of ether oxygens (including phenoxy) is 5. The number of fused-ring (bicyclic) bond motifs is 7. The molecule has 21 atom stereocenters. The van der Waals surface area contributed by atoms with Gasteiger partial charge in [-0.2, -0.15) is 0 Å². The summed E-state index contributed by atoms with van der Waals surface area (Å²) in [5.41, 5.74) is -2.33. The van der Waals surface area contributed by atoms with Crippen LogP contribution in [0.15, 0.2) is 11.6 Å². The number of esters is 1. The zero-order valence-corrected chi connectivity index (χ0v) is 35.5. The fraction of sp³-hybridized carbons (Fsp3) is 0.930. The van der Waals surface area contributed by atoms with Gasteiger partial charge in [-0.3, -0.25) is 4.79 Å². The van der Waals surface area contributed by atoms with E-state index in [1.807, 2.05) is 6.92 Å². The number of carbonyl (C=O) groups is 1. The maximum absolute atomic E-state index is 13.7. The minimum Gasteiger partial charge on any atom is -0.468 e. The fourth-order valence-corrected chi connectivity index (χ4v) is 14.1. The van der Waals surface area contributed by atoms with Crippen LogP contribution in [0.3, 0.4) is 0 Å². The molecule has 0 spiro atoms. The van der Waals surface area contributed by atoms with E-state index in [2.05, 4.69) is 40.7 Å². The molecular weight excluding hydrogens is 772 g/mol. The Labute approximate surface area is 346 Å². The van der Waals surface area contributed by atoms with Gasteiger partial charge in [-0.15, -0.1) is 0 Å². The number of allylic oxidation sites excluding steroid dienone is 2. The summed E-state index contributed by atoms with van der Waals surface area (Å²) < 4.78 is 29.0. The van der Waals surface area contributed by atoms with Crippen molar-refractivity contribution in [3.05, 3.63) is 11.6 Å². The molecular formula is C43H70O16. The molecule has 10 N–H and O–H groups in total. The lowest BCUT2D eigenvalue weighted by Gasteiger charge is -2.72. The summed E-state index contributed by atoms with van der Waals surface area (Å²) in [6.07, 6.45) is -12.6. The maximum atomic E-state index is 13.7. The molecule has 0 bridgehead atoms. The number of carbonyl (C=O) groups excluding carboxylic acids is 1. The van der Waals surface area contributed by atoms with E-state index in [-0.39, 0.29) is 41.0 Å². The second-order valence-corrected chi connectivity index (χ2v) is 21.0. The van der Waals surface area contributed by atoms with Crippen molar-refractivity contribution < 1.29 is 79.5 Å². The highest BCUT2D eigenvalue weighted by molar-refractivity contribution is 5.79. The predicted octanol–water partition coefficient (Wildman–Crippen LogP) is -0.116. The van der Waals surface area contributed by atoms with E-state index in [0.717, 1.165) is 19.3 Å².